The van der Waals surface area contributed by atoms with Crippen molar-refractivity contribution in [3.8, 4) is 33.4 Å². The second kappa shape index (κ2) is 21.8. The summed E-state index contributed by atoms with van der Waals surface area (Å²) in [5.74, 6) is 0. The van der Waals surface area contributed by atoms with Gasteiger partial charge in [-0.1, -0.05) is 261 Å². The molecule has 0 saturated heterocycles. The summed E-state index contributed by atoms with van der Waals surface area (Å²) in [6, 6.07) is 107. The van der Waals surface area contributed by atoms with Gasteiger partial charge in [0.05, 0.1) is 55.8 Å². The number of aryl methyl sites for hydroxylation is 1. The first-order valence-corrected chi connectivity index (χ1v) is 34.0. The van der Waals surface area contributed by atoms with Crippen LogP contribution in [0, 0.1) is 6.92 Å². The van der Waals surface area contributed by atoms with E-state index in [-0.39, 0.29) is 0 Å². The zero-order chi connectivity index (χ0) is 65.7. The maximum absolute atomic E-state index is 7.32. The van der Waals surface area contributed by atoms with E-state index in [2.05, 4.69) is 343 Å². The lowest BCUT2D eigenvalue weighted by atomic mass is 9.89. The van der Waals surface area contributed by atoms with E-state index in [0.29, 0.717) is 0 Å². The lowest BCUT2D eigenvalue weighted by Gasteiger charge is -2.26. The summed E-state index contributed by atoms with van der Waals surface area (Å²) in [6.45, 7) is 10.5. The van der Waals surface area contributed by atoms with Gasteiger partial charge in [-0.2, -0.15) is 0 Å². The van der Waals surface area contributed by atoms with Gasteiger partial charge in [0.2, 0.25) is 0 Å². The highest BCUT2D eigenvalue weighted by Gasteiger charge is 2.34. The van der Waals surface area contributed by atoms with Crippen molar-refractivity contribution in [1.29, 1.82) is 0 Å². The smallest absolute Gasteiger partial charge is 0.159 e. The molecule has 99 heavy (non-hydrogen) atoms. The van der Waals surface area contributed by atoms with E-state index < -0.39 is 0 Å². The monoisotopic (exact) mass is 1270 g/mol. The van der Waals surface area contributed by atoms with Crippen LogP contribution in [0.25, 0.3) is 159 Å². The molecule has 0 fully saturated rings. The minimum atomic E-state index is 0.819. The molecule has 0 aliphatic carbocycles. The standard InChI is InChI=1S/C93H62N4O2/c1-5-6-38-62(56(2)3)64-40-21-42-66-68-44-25-54-78(92(68)98-90(64)66)94(60-34-15-9-16-35-60)74-50-27-52-76-82(74)70-46-23-48-72-84-81(59-32-13-8-14-33-59)89-85(80(58-30-11-7-12-31-58)88(84)96(76)86(70)72)73-49-24-47-71-83-75(51-28-53-77(83)97(89)87(71)73)95(61-36-17-10-18-37-61)79-55-26-45-69-67-43-22-41-65(91(67)99-93(69)79)63-39-20-19-29-57(63)4/h5-55H,1H2,2-4H3/b38-6-. The minimum Gasteiger partial charge on any atom is -0.453 e. The maximum atomic E-state index is 7.32. The topological polar surface area (TPSA) is 41.6 Å². The average molecular weight is 1270 g/mol. The Bertz CT molecular complexity index is 6760. The molecule has 6 heteroatoms. The van der Waals surface area contributed by atoms with Crippen LogP contribution in [0.15, 0.2) is 330 Å². The summed E-state index contributed by atoms with van der Waals surface area (Å²) >= 11 is 0. The van der Waals surface area contributed by atoms with Crippen LogP contribution in [0.2, 0.25) is 0 Å². The molecule has 20 aromatic rings. The van der Waals surface area contributed by atoms with Crippen LogP contribution in [0.1, 0.15) is 25.0 Å². The summed E-state index contributed by atoms with van der Waals surface area (Å²) in [4.78, 5) is 4.85. The molecule has 466 valence electrons. The zero-order valence-corrected chi connectivity index (χ0v) is 54.8. The van der Waals surface area contributed by atoms with E-state index in [1.807, 2.05) is 12.2 Å². The van der Waals surface area contributed by atoms with Crippen molar-refractivity contribution in [2.45, 2.75) is 20.8 Å². The van der Waals surface area contributed by atoms with Gasteiger partial charge in [0, 0.05) is 98.3 Å². The van der Waals surface area contributed by atoms with Crippen molar-refractivity contribution < 1.29 is 8.83 Å². The quantitative estimate of drug-likeness (QED) is 0.114. The molecule has 20 rings (SSSR count). The van der Waals surface area contributed by atoms with E-state index in [9.17, 15) is 0 Å². The third kappa shape index (κ3) is 8.06. The second-order valence-electron chi connectivity index (χ2n) is 26.4. The average Bonchev–Trinajstić information content (AvgIpc) is 1.49. The molecular weight excluding hydrogens is 1210 g/mol. The van der Waals surface area contributed by atoms with Crippen LogP contribution in [-0.4, -0.2) is 8.80 Å². The molecule has 0 amide bonds. The number of furan rings is 2. The van der Waals surface area contributed by atoms with Crippen molar-refractivity contribution in [2.75, 3.05) is 9.80 Å². The number of benzene rings is 14. The molecule has 0 saturated carbocycles. The molecule has 6 aromatic heterocycles. The lowest BCUT2D eigenvalue weighted by Crippen LogP contribution is -2.10. The normalized spacial score (nSPS) is 12.2. The SMILES string of the molecule is C=C/C=C\C(=C(C)C)c1cccc2c1oc1c(N(c3ccccc3)c3cccc4c3c3cccc5c6c(-c7ccccc7)c7c(c(-c8ccccc8)c6n4c35)c3cccc4c5c(N(c6ccccc6)c6cccc8c6oc6c(-c9ccccc9C)cccc68)cccc5n7c43)cccc12. The Morgan fingerprint density at radius 3 is 1.22 bits per heavy atom. The Balaban J connectivity index is 0.888. The lowest BCUT2D eigenvalue weighted by molar-refractivity contribution is 0.668. The first kappa shape index (κ1) is 56.4. The first-order chi connectivity index (χ1) is 48.9. The van der Waals surface area contributed by atoms with Gasteiger partial charge in [-0.15, -0.1) is 0 Å². The minimum absolute atomic E-state index is 0.819. The number of nitrogens with zero attached hydrogens (tertiary/aromatic N) is 4. The molecule has 0 N–H and O–H groups in total. The molecule has 0 spiro atoms. The number of rotatable bonds is 12. The summed E-state index contributed by atoms with van der Waals surface area (Å²) in [7, 11) is 0. The van der Waals surface area contributed by atoms with E-state index in [1.165, 1.54) is 76.6 Å². The zero-order valence-electron chi connectivity index (χ0n) is 54.8. The van der Waals surface area contributed by atoms with Crippen LogP contribution in [0.4, 0.5) is 34.1 Å². The van der Waals surface area contributed by atoms with Crippen molar-refractivity contribution in [3.63, 3.8) is 0 Å². The van der Waals surface area contributed by atoms with E-state index >= 15 is 0 Å². The molecule has 0 atom stereocenters. The van der Waals surface area contributed by atoms with Gasteiger partial charge < -0.3 is 27.4 Å². The van der Waals surface area contributed by atoms with Gasteiger partial charge in [-0.25, -0.2) is 0 Å². The molecule has 14 aromatic carbocycles. The Labute approximate surface area is 570 Å². The highest BCUT2D eigenvalue weighted by atomic mass is 16.3. The molecule has 6 heterocycles. The number of fused-ring (bicyclic) bond motifs is 18. The molecule has 0 unspecified atom stereocenters. The largest absolute Gasteiger partial charge is 0.453 e. The maximum Gasteiger partial charge on any atom is 0.159 e. The van der Waals surface area contributed by atoms with Gasteiger partial charge >= 0.3 is 0 Å². The number of anilines is 6. The van der Waals surface area contributed by atoms with Crippen LogP contribution < -0.4 is 9.80 Å². The van der Waals surface area contributed by atoms with Gasteiger partial charge in [-0.3, -0.25) is 0 Å². The fraction of sp³-hybridized carbons (Fsp3) is 0.0323. The molecule has 0 bridgehead atoms. The summed E-state index contributed by atoms with van der Waals surface area (Å²) in [5, 5.41) is 13.7. The molecule has 6 nitrogen and oxygen atoms in total. The third-order valence-corrected chi connectivity index (χ3v) is 20.8. The van der Waals surface area contributed by atoms with E-state index in [4.69, 9.17) is 8.83 Å². The van der Waals surface area contributed by atoms with Crippen molar-refractivity contribution in [3.05, 3.63) is 333 Å². The van der Waals surface area contributed by atoms with Crippen LogP contribution >= 0.6 is 0 Å². The fourth-order valence-corrected chi connectivity index (χ4v) is 16.8. The van der Waals surface area contributed by atoms with Gasteiger partial charge in [-0.05, 0) is 109 Å². The number of hydrogen-bond acceptors (Lipinski definition) is 4. The fourth-order valence-electron chi connectivity index (χ4n) is 16.8. The number of para-hydroxylation sites is 8. The van der Waals surface area contributed by atoms with E-state index in [0.717, 1.165) is 133 Å². The first-order valence-electron chi connectivity index (χ1n) is 34.0. The van der Waals surface area contributed by atoms with Gasteiger partial charge in [0.25, 0.3) is 0 Å². The Hall–Kier alpha value is -12.9. The van der Waals surface area contributed by atoms with Crippen molar-refractivity contribution >= 4 is 160 Å². The van der Waals surface area contributed by atoms with Gasteiger partial charge in [0.15, 0.2) is 11.2 Å². The van der Waals surface area contributed by atoms with Crippen LogP contribution in [0.3, 0.4) is 0 Å². The summed E-state index contributed by atoms with van der Waals surface area (Å²) < 4.78 is 19.9. The highest BCUT2D eigenvalue weighted by Crippen LogP contribution is 2.57. The van der Waals surface area contributed by atoms with Crippen molar-refractivity contribution in [1.82, 2.24) is 8.80 Å². The molecule has 0 radical (unpaired) electrons. The molecule has 0 aliphatic rings. The highest BCUT2D eigenvalue weighted by molar-refractivity contribution is 6.39. The Kier molecular flexibility index (Phi) is 12.4. The van der Waals surface area contributed by atoms with Gasteiger partial charge in [0.1, 0.15) is 11.2 Å². The molecule has 0 aliphatic heterocycles. The number of allylic oxidation sites excluding steroid dienone is 5. The van der Waals surface area contributed by atoms with Crippen LogP contribution in [-0.2, 0) is 0 Å². The second-order valence-corrected chi connectivity index (χ2v) is 26.4. The Morgan fingerprint density at radius 2 is 0.727 bits per heavy atom. The van der Waals surface area contributed by atoms with Crippen LogP contribution in [0.5, 0.6) is 0 Å². The van der Waals surface area contributed by atoms with E-state index in [1.54, 1.807) is 0 Å². The Morgan fingerprint density at radius 1 is 0.343 bits per heavy atom. The number of hydrogen-bond donors (Lipinski definition) is 0. The third-order valence-electron chi connectivity index (χ3n) is 20.8. The summed E-state index contributed by atoms with van der Waals surface area (Å²) in [5.41, 5.74) is 27.9. The predicted octanol–water partition coefficient (Wildman–Crippen LogP) is 26.6. The number of aromatic nitrogens is 2. The van der Waals surface area contributed by atoms with Crippen molar-refractivity contribution in [2.24, 2.45) is 0 Å². The predicted molar refractivity (Wildman–Crippen MR) is 418 cm³/mol. The summed E-state index contributed by atoms with van der Waals surface area (Å²) in [6.07, 6.45) is 5.97. The molecular formula is C93H62N4O2.